The third-order valence-electron chi connectivity index (χ3n) is 3.32. The molecule has 1 heterocycles. The highest BCUT2D eigenvalue weighted by atomic mass is 35.5. The molecule has 0 spiro atoms. The van der Waals surface area contributed by atoms with E-state index in [1.165, 1.54) is 38.5 Å². The molecule has 1 saturated carbocycles. The van der Waals surface area contributed by atoms with Crippen molar-refractivity contribution in [1.29, 1.82) is 0 Å². The SMILES string of the molecule is CCc1cc(NC2CCCCCC2)nc(Cl)n1. The Kier molecular flexibility index (Phi) is 4.60. The average Bonchev–Trinajstić information content (AvgIpc) is 2.57. The summed E-state index contributed by atoms with van der Waals surface area (Å²) in [6.45, 7) is 2.08. The molecule has 1 aliphatic carbocycles. The van der Waals surface area contributed by atoms with Gasteiger partial charge in [-0.25, -0.2) is 9.97 Å². The predicted molar refractivity (Wildman–Crippen MR) is 71.5 cm³/mol. The second kappa shape index (κ2) is 6.20. The Labute approximate surface area is 108 Å². The van der Waals surface area contributed by atoms with Gasteiger partial charge in [-0.15, -0.1) is 0 Å². The topological polar surface area (TPSA) is 37.8 Å². The van der Waals surface area contributed by atoms with Crippen LogP contribution in [0.1, 0.15) is 51.1 Å². The molecule has 0 aromatic carbocycles. The zero-order valence-corrected chi connectivity index (χ0v) is 11.1. The normalized spacial score (nSPS) is 17.8. The summed E-state index contributed by atoms with van der Waals surface area (Å²) in [5.41, 5.74) is 1.00. The van der Waals surface area contributed by atoms with Crippen molar-refractivity contribution >= 4 is 17.4 Å². The van der Waals surface area contributed by atoms with Crippen molar-refractivity contribution in [3.63, 3.8) is 0 Å². The first-order valence-electron chi connectivity index (χ1n) is 6.58. The standard InChI is InChI=1S/C13H20ClN3/c1-2-10-9-12(17-13(14)16-10)15-11-7-5-3-4-6-8-11/h9,11H,2-8H2,1H3,(H,15,16,17). The zero-order chi connectivity index (χ0) is 12.1. The van der Waals surface area contributed by atoms with Gasteiger partial charge in [0, 0.05) is 17.8 Å². The van der Waals surface area contributed by atoms with Crippen LogP contribution in [0.3, 0.4) is 0 Å². The van der Waals surface area contributed by atoms with Gasteiger partial charge < -0.3 is 5.32 Å². The zero-order valence-electron chi connectivity index (χ0n) is 10.4. The molecule has 0 unspecified atom stereocenters. The van der Waals surface area contributed by atoms with Gasteiger partial charge in [0.1, 0.15) is 5.82 Å². The number of nitrogens with one attached hydrogen (secondary N) is 1. The van der Waals surface area contributed by atoms with E-state index in [0.29, 0.717) is 11.3 Å². The van der Waals surface area contributed by atoms with Crippen LogP contribution in [0.4, 0.5) is 5.82 Å². The Balaban J connectivity index is 2.03. The average molecular weight is 254 g/mol. The number of rotatable bonds is 3. The maximum atomic E-state index is 5.92. The highest BCUT2D eigenvalue weighted by Gasteiger charge is 2.13. The molecule has 94 valence electrons. The van der Waals surface area contributed by atoms with Crippen LogP contribution < -0.4 is 5.32 Å². The highest BCUT2D eigenvalue weighted by Crippen LogP contribution is 2.21. The fourth-order valence-corrected chi connectivity index (χ4v) is 2.55. The summed E-state index contributed by atoms with van der Waals surface area (Å²) in [6.07, 6.45) is 8.73. The van der Waals surface area contributed by atoms with Crippen LogP contribution >= 0.6 is 11.6 Å². The van der Waals surface area contributed by atoms with Gasteiger partial charge in [0.25, 0.3) is 0 Å². The first-order valence-corrected chi connectivity index (χ1v) is 6.95. The van der Waals surface area contributed by atoms with E-state index in [0.717, 1.165) is 17.9 Å². The van der Waals surface area contributed by atoms with E-state index >= 15 is 0 Å². The van der Waals surface area contributed by atoms with Crippen molar-refractivity contribution in [2.45, 2.75) is 57.9 Å². The Morgan fingerprint density at radius 2 is 1.94 bits per heavy atom. The first kappa shape index (κ1) is 12.6. The van der Waals surface area contributed by atoms with Crippen LogP contribution in [0, 0.1) is 0 Å². The predicted octanol–water partition coefficient (Wildman–Crippen LogP) is 3.83. The van der Waals surface area contributed by atoms with Gasteiger partial charge >= 0.3 is 0 Å². The molecule has 1 N–H and O–H groups in total. The van der Waals surface area contributed by atoms with Crippen LogP contribution in [0.5, 0.6) is 0 Å². The molecule has 1 aliphatic rings. The number of halogens is 1. The lowest BCUT2D eigenvalue weighted by Gasteiger charge is -2.17. The molecule has 0 amide bonds. The Morgan fingerprint density at radius 3 is 2.59 bits per heavy atom. The van der Waals surface area contributed by atoms with Crippen LogP contribution in [-0.2, 0) is 6.42 Å². The minimum absolute atomic E-state index is 0.348. The molecular formula is C13H20ClN3. The van der Waals surface area contributed by atoms with Crippen LogP contribution in [0.25, 0.3) is 0 Å². The molecular weight excluding hydrogens is 234 g/mol. The molecule has 3 nitrogen and oxygen atoms in total. The maximum Gasteiger partial charge on any atom is 0.224 e. The van der Waals surface area contributed by atoms with E-state index in [9.17, 15) is 0 Å². The molecule has 1 aromatic heterocycles. The molecule has 0 bridgehead atoms. The molecule has 0 saturated heterocycles. The van der Waals surface area contributed by atoms with Crippen molar-refractivity contribution < 1.29 is 0 Å². The summed E-state index contributed by atoms with van der Waals surface area (Å²) < 4.78 is 0. The fraction of sp³-hybridized carbons (Fsp3) is 0.692. The lowest BCUT2D eigenvalue weighted by Crippen LogP contribution is -2.19. The molecule has 0 atom stereocenters. The second-order valence-electron chi connectivity index (χ2n) is 4.70. The van der Waals surface area contributed by atoms with E-state index in [2.05, 4.69) is 22.2 Å². The van der Waals surface area contributed by atoms with E-state index in [1.807, 2.05) is 6.07 Å². The number of aromatic nitrogens is 2. The Hall–Kier alpha value is -0.830. The lowest BCUT2D eigenvalue weighted by molar-refractivity contribution is 0.617. The van der Waals surface area contributed by atoms with Gasteiger partial charge in [-0.05, 0) is 30.9 Å². The lowest BCUT2D eigenvalue weighted by atomic mass is 10.1. The summed E-state index contributed by atoms with van der Waals surface area (Å²) in [7, 11) is 0. The maximum absolute atomic E-state index is 5.92. The van der Waals surface area contributed by atoms with Gasteiger partial charge in [0.05, 0.1) is 0 Å². The van der Waals surface area contributed by atoms with Gasteiger partial charge in [-0.2, -0.15) is 0 Å². The van der Waals surface area contributed by atoms with Gasteiger partial charge in [-0.1, -0.05) is 32.6 Å². The van der Waals surface area contributed by atoms with Crippen molar-refractivity contribution in [3.05, 3.63) is 17.0 Å². The van der Waals surface area contributed by atoms with Crippen LogP contribution in [0.2, 0.25) is 5.28 Å². The second-order valence-corrected chi connectivity index (χ2v) is 5.04. The van der Waals surface area contributed by atoms with E-state index in [-0.39, 0.29) is 0 Å². The molecule has 2 rings (SSSR count). The molecule has 0 aliphatic heterocycles. The summed E-state index contributed by atoms with van der Waals surface area (Å²) in [5, 5.41) is 3.85. The van der Waals surface area contributed by atoms with Crippen molar-refractivity contribution in [3.8, 4) is 0 Å². The van der Waals surface area contributed by atoms with Gasteiger partial charge in [0.15, 0.2) is 0 Å². The fourth-order valence-electron chi connectivity index (χ4n) is 2.35. The van der Waals surface area contributed by atoms with E-state index in [4.69, 9.17) is 11.6 Å². The van der Waals surface area contributed by atoms with Crippen molar-refractivity contribution in [1.82, 2.24) is 9.97 Å². The number of nitrogens with zero attached hydrogens (tertiary/aromatic N) is 2. The summed E-state index contributed by atoms with van der Waals surface area (Å²) in [4.78, 5) is 8.43. The first-order chi connectivity index (χ1) is 8.28. The molecule has 0 radical (unpaired) electrons. The van der Waals surface area contributed by atoms with E-state index in [1.54, 1.807) is 0 Å². The third-order valence-corrected chi connectivity index (χ3v) is 3.49. The van der Waals surface area contributed by atoms with Crippen molar-refractivity contribution in [2.75, 3.05) is 5.32 Å². The number of hydrogen-bond donors (Lipinski definition) is 1. The molecule has 17 heavy (non-hydrogen) atoms. The third kappa shape index (κ3) is 3.84. The van der Waals surface area contributed by atoms with Crippen LogP contribution in [0.15, 0.2) is 6.07 Å². The van der Waals surface area contributed by atoms with Crippen molar-refractivity contribution in [2.24, 2.45) is 0 Å². The Bertz CT molecular complexity index is 360. The molecule has 4 heteroatoms. The summed E-state index contributed by atoms with van der Waals surface area (Å²) in [6, 6.07) is 2.56. The minimum Gasteiger partial charge on any atom is -0.367 e. The smallest absolute Gasteiger partial charge is 0.224 e. The van der Waals surface area contributed by atoms with Gasteiger partial charge in [0.2, 0.25) is 5.28 Å². The summed E-state index contributed by atoms with van der Waals surface area (Å²) >= 11 is 5.92. The molecule has 1 aromatic rings. The van der Waals surface area contributed by atoms with Crippen LogP contribution in [-0.4, -0.2) is 16.0 Å². The monoisotopic (exact) mass is 253 g/mol. The number of aryl methyl sites for hydroxylation is 1. The summed E-state index contributed by atoms with van der Waals surface area (Å²) in [5.74, 6) is 0.883. The minimum atomic E-state index is 0.348. The quantitative estimate of drug-likeness (QED) is 0.657. The number of hydrogen-bond acceptors (Lipinski definition) is 3. The largest absolute Gasteiger partial charge is 0.367 e. The highest BCUT2D eigenvalue weighted by molar-refractivity contribution is 6.28. The van der Waals surface area contributed by atoms with E-state index < -0.39 is 0 Å². The number of anilines is 1. The van der Waals surface area contributed by atoms with Gasteiger partial charge in [-0.3, -0.25) is 0 Å². The Morgan fingerprint density at radius 1 is 1.24 bits per heavy atom. The molecule has 1 fully saturated rings.